The van der Waals surface area contributed by atoms with Crippen molar-refractivity contribution in [2.45, 2.75) is 13.5 Å². The van der Waals surface area contributed by atoms with E-state index in [-0.39, 0.29) is 0 Å². The molecule has 2 N–H and O–H groups in total. The van der Waals surface area contributed by atoms with Crippen molar-refractivity contribution in [1.29, 1.82) is 0 Å². The fraction of sp³-hybridized carbons (Fsp3) is 0.133. The van der Waals surface area contributed by atoms with Crippen LogP contribution >= 0.6 is 0 Å². The number of anilines is 1. The second-order valence-electron chi connectivity index (χ2n) is 4.51. The summed E-state index contributed by atoms with van der Waals surface area (Å²) in [6, 6.07) is 11.6. The van der Waals surface area contributed by atoms with Crippen molar-refractivity contribution < 1.29 is 4.74 Å². The molecule has 19 heavy (non-hydrogen) atoms. The van der Waals surface area contributed by atoms with Crippen molar-refractivity contribution >= 4 is 11.3 Å². The highest BCUT2D eigenvalue weighted by Crippen LogP contribution is 2.19. The highest BCUT2D eigenvalue weighted by Gasteiger charge is 2.03. The van der Waals surface area contributed by atoms with Crippen LogP contribution in [0.15, 0.2) is 48.8 Å². The lowest BCUT2D eigenvalue weighted by Crippen LogP contribution is -1.97. The maximum Gasteiger partial charge on any atom is 0.137 e. The maximum absolute atomic E-state index is 5.78. The molecule has 3 rings (SSSR count). The molecule has 96 valence electrons. The van der Waals surface area contributed by atoms with Crippen LogP contribution in [0, 0.1) is 6.92 Å². The van der Waals surface area contributed by atoms with Gasteiger partial charge in [0.25, 0.3) is 0 Å². The number of pyridine rings is 1. The Morgan fingerprint density at radius 2 is 2.16 bits per heavy atom. The fourth-order valence-corrected chi connectivity index (χ4v) is 1.95. The van der Waals surface area contributed by atoms with Gasteiger partial charge >= 0.3 is 0 Å². The van der Waals surface area contributed by atoms with E-state index in [0.29, 0.717) is 6.61 Å². The molecule has 4 heteroatoms. The van der Waals surface area contributed by atoms with E-state index in [1.165, 1.54) is 0 Å². The third-order valence-electron chi connectivity index (χ3n) is 3.04. The quantitative estimate of drug-likeness (QED) is 0.730. The van der Waals surface area contributed by atoms with Gasteiger partial charge in [0.05, 0.1) is 5.69 Å². The topological polar surface area (TPSA) is 52.5 Å². The number of hydrogen-bond acceptors (Lipinski definition) is 3. The molecule has 0 bridgehead atoms. The number of benzene rings is 1. The normalized spacial score (nSPS) is 10.8. The van der Waals surface area contributed by atoms with E-state index in [2.05, 4.69) is 4.98 Å². The van der Waals surface area contributed by atoms with E-state index >= 15 is 0 Å². The average molecular weight is 253 g/mol. The van der Waals surface area contributed by atoms with Crippen LogP contribution in [0.5, 0.6) is 5.75 Å². The third-order valence-corrected chi connectivity index (χ3v) is 3.04. The standard InChI is InChI=1S/C15H15N3O/c1-11-8-13(5-6-14(11)16)19-10-12-9-18-7-3-2-4-15(18)17-12/h2-9H,10,16H2,1H3. The molecule has 0 aliphatic carbocycles. The number of imidazole rings is 1. The molecule has 0 radical (unpaired) electrons. The van der Waals surface area contributed by atoms with Crippen molar-refractivity contribution in [1.82, 2.24) is 9.38 Å². The van der Waals surface area contributed by atoms with E-state index < -0.39 is 0 Å². The first-order valence-electron chi connectivity index (χ1n) is 6.14. The Morgan fingerprint density at radius 3 is 2.95 bits per heavy atom. The lowest BCUT2D eigenvalue weighted by Gasteiger charge is -2.06. The molecule has 0 spiro atoms. The number of nitrogens with two attached hydrogens (primary N) is 1. The van der Waals surface area contributed by atoms with Crippen molar-refractivity contribution in [2.75, 3.05) is 5.73 Å². The minimum Gasteiger partial charge on any atom is -0.487 e. The van der Waals surface area contributed by atoms with E-state index in [1.807, 2.05) is 60.1 Å². The van der Waals surface area contributed by atoms with Gasteiger partial charge in [-0.15, -0.1) is 0 Å². The number of aryl methyl sites for hydroxylation is 1. The van der Waals surface area contributed by atoms with Crippen molar-refractivity contribution in [2.24, 2.45) is 0 Å². The van der Waals surface area contributed by atoms with Crippen LogP contribution in [0.2, 0.25) is 0 Å². The smallest absolute Gasteiger partial charge is 0.137 e. The summed E-state index contributed by atoms with van der Waals surface area (Å²) >= 11 is 0. The summed E-state index contributed by atoms with van der Waals surface area (Å²) < 4.78 is 7.71. The zero-order chi connectivity index (χ0) is 13.2. The van der Waals surface area contributed by atoms with Gasteiger partial charge in [-0.05, 0) is 42.8 Å². The van der Waals surface area contributed by atoms with E-state index in [4.69, 9.17) is 10.5 Å². The molecular weight excluding hydrogens is 238 g/mol. The Bertz CT molecular complexity index is 685. The van der Waals surface area contributed by atoms with Gasteiger partial charge in [0.1, 0.15) is 18.0 Å². The predicted molar refractivity (Wildman–Crippen MR) is 75.1 cm³/mol. The van der Waals surface area contributed by atoms with Crippen LogP contribution in [0.4, 0.5) is 5.69 Å². The Balaban J connectivity index is 1.76. The third kappa shape index (κ3) is 2.38. The highest BCUT2D eigenvalue weighted by atomic mass is 16.5. The summed E-state index contributed by atoms with van der Waals surface area (Å²) in [6.07, 6.45) is 3.94. The molecule has 0 aliphatic rings. The number of fused-ring (bicyclic) bond motifs is 1. The molecule has 2 heterocycles. The van der Waals surface area contributed by atoms with Crippen molar-refractivity contribution in [3.63, 3.8) is 0 Å². The van der Waals surface area contributed by atoms with Crippen LogP contribution in [0.3, 0.4) is 0 Å². The minimum atomic E-state index is 0.449. The van der Waals surface area contributed by atoms with Gasteiger partial charge in [-0.2, -0.15) is 0 Å². The first-order valence-corrected chi connectivity index (χ1v) is 6.14. The Kier molecular flexibility index (Phi) is 2.83. The molecule has 0 fully saturated rings. The lowest BCUT2D eigenvalue weighted by atomic mass is 10.2. The van der Waals surface area contributed by atoms with Crippen LogP contribution in [0.1, 0.15) is 11.3 Å². The first kappa shape index (κ1) is 11.6. The zero-order valence-electron chi connectivity index (χ0n) is 10.7. The summed E-state index contributed by atoms with van der Waals surface area (Å²) in [4.78, 5) is 4.48. The largest absolute Gasteiger partial charge is 0.487 e. The molecule has 0 saturated carbocycles. The second kappa shape index (κ2) is 4.65. The predicted octanol–water partition coefficient (Wildman–Crippen LogP) is 2.80. The second-order valence-corrected chi connectivity index (χ2v) is 4.51. The number of hydrogen-bond donors (Lipinski definition) is 1. The number of nitrogens with zero attached hydrogens (tertiary/aromatic N) is 2. The molecule has 3 aromatic rings. The maximum atomic E-state index is 5.78. The van der Waals surface area contributed by atoms with Gasteiger partial charge in [0.15, 0.2) is 0 Å². The van der Waals surface area contributed by atoms with Crippen molar-refractivity contribution in [3.05, 3.63) is 60.0 Å². The number of ether oxygens (including phenoxy) is 1. The summed E-state index contributed by atoms with van der Waals surface area (Å²) in [5, 5.41) is 0. The zero-order valence-corrected chi connectivity index (χ0v) is 10.7. The Hall–Kier alpha value is -2.49. The van der Waals surface area contributed by atoms with Crippen LogP contribution < -0.4 is 10.5 Å². The first-order chi connectivity index (χ1) is 9.22. The van der Waals surface area contributed by atoms with E-state index in [1.54, 1.807) is 0 Å². The van der Waals surface area contributed by atoms with Crippen molar-refractivity contribution in [3.8, 4) is 5.75 Å². The number of rotatable bonds is 3. The van der Waals surface area contributed by atoms with Gasteiger partial charge in [-0.3, -0.25) is 0 Å². The molecule has 0 amide bonds. The summed E-state index contributed by atoms with van der Waals surface area (Å²) in [7, 11) is 0. The Morgan fingerprint density at radius 1 is 1.26 bits per heavy atom. The minimum absolute atomic E-state index is 0.449. The molecule has 0 saturated heterocycles. The van der Waals surface area contributed by atoms with E-state index in [0.717, 1.165) is 28.3 Å². The van der Waals surface area contributed by atoms with Crippen LogP contribution in [0.25, 0.3) is 5.65 Å². The van der Waals surface area contributed by atoms with E-state index in [9.17, 15) is 0 Å². The SMILES string of the molecule is Cc1cc(OCc2cn3ccccc3n2)ccc1N. The van der Waals surface area contributed by atoms with Gasteiger partial charge < -0.3 is 14.9 Å². The molecule has 0 unspecified atom stereocenters. The average Bonchev–Trinajstić information content (AvgIpc) is 2.83. The van der Waals surface area contributed by atoms with Gasteiger partial charge in [0, 0.05) is 18.1 Å². The van der Waals surface area contributed by atoms with Crippen LogP contribution in [-0.2, 0) is 6.61 Å². The van der Waals surface area contributed by atoms with Gasteiger partial charge in [0.2, 0.25) is 0 Å². The summed E-state index contributed by atoms with van der Waals surface area (Å²) in [5.74, 6) is 0.809. The molecular formula is C15H15N3O. The lowest BCUT2D eigenvalue weighted by molar-refractivity contribution is 0.302. The summed E-state index contributed by atoms with van der Waals surface area (Å²) in [5.41, 5.74) is 9.40. The molecule has 4 nitrogen and oxygen atoms in total. The highest BCUT2D eigenvalue weighted by molar-refractivity contribution is 5.49. The monoisotopic (exact) mass is 253 g/mol. The number of aromatic nitrogens is 2. The molecule has 2 aromatic heterocycles. The van der Waals surface area contributed by atoms with Gasteiger partial charge in [-0.25, -0.2) is 4.98 Å². The number of nitrogen functional groups attached to an aromatic ring is 1. The van der Waals surface area contributed by atoms with Crippen LogP contribution in [-0.4, -0.2) is 9.38 Å². The van der Waals surface area contributed by atoms with Gasteiger partial charge in [-0.1, -0.05) is 6.07 Å². The summed E-state index contributed by atoms with van der Waals surface area (Å²) in [6.45, 7) is 2.41. The fourth-order valence-electron chi connectivity index (χ4n) is 1.95. The molecule has 1 aromatic carbocycles. The molecule has 0 aliphatic heterocycles. The Labute approximate surface area is 111 Å². The molecule has 0 atom stereocenters.